The van der Waals surface area contributed by atoms with Crippen molar-refractivity contribution in [2.45, 2.75) is 0 Å². The standard InChI is InChI=1S/C26H24O5/c1-16(19-13-24(28-3)26(30-5)25(14-19)29-4)18-8-11-22-20(12-18)15-23(31-22)17-6-9-21(27-2)10-7-17/h6-15H,1H2,2-5H3. The van der Waals surface area contributed by atoms with Gasteiger partial charge in [0.1, 0.15) is 17.1 Å². The van der Waals surface area contributed by atoms with Crippen LogP contribution < -0.4 is 18.9 Å². The highest BCUT2D eigenvalue weighted by molar-refractivity contribution is 5.89. The molecule has 0 unspecified atom stereocenters. The summed E-state index contributed by atoms with van der Waals surface area (Å²) in [6.45, 7) is 4.30. The Bertz CT molecular complexity index is 1210. The molecule has 0 aliphatic carbocycles. The first-order valence-corrected chi connectivity index (χ1v) is 9.75. The molecular formula is C26H24O5. The van der Waals surface area contributed by atoms with Crippen molar-refractivity contribution >= 4 is 16.5 Å². The number of hydrogen-bond acceptors (Lipinski definition) is 5. The molecule has 31 heavy (non-hydrogen) atoms. The minimum Gasteiger partial charge on any atom is -0.497 e. The van der Waals surface area contributed by atoms with E-state index >= 15 is 0 Å². The zero-order chi connectivity index (χ0) is 22.0. The Kier molecular flexibility index (Phi) is 5.58. The topological polar surface area (TPSA) is 50.1 Å². The van der Waals surface area contributed by atoms with Crippen LogP contribution in [0.1, 0.15) is 11.1 Å². The third kappa shape index (κ3) is 3.82. The number of ether oxygens (including phenoxy) is 4. The fourth-order valence-electron chi connectivity index (χ4n) is 3.55. The van der Waals surface area contributed by atoms with Gasteiger partial charge in [-0.15, -0.1) is 0 Å². The van der Waals surface area contributed by atoms with E-state index in [1.54, 1.807) is 28.4 Å². The van der Waals surface area contributed by atoms with E-state index in [4.69, 9.17) is 23.4 Å². The van der Waals surface area contributed by atoms with Gasteiger partial charge in [-0.1, -0.05) is 12.6 Å². The molecule has 158 valence electrons. The summed E-state index contributed by atoms with van der Waals surface area (Å²) in [5.74, 6) is 3.33. The Hall–Kier alpha value is -3.86. The van der Waals surface area contributed by atoms with Gasteiger partial charge in [0.25, 0.3) is 0 Å². The number of hydrogen-bond donors (Lipinski definition) is 0. The number of rotatable bonds is 7. The number of methoxy groups -OCH3 is 4. The molecule has 0 saturated carbocycles. The molecule has 0 bridgehead atoms. The van der Waals surface area contributed by atoms with E-state index in [0.29, 0.717) is 17.2 Å². The van der Waals surface area contributed by atoms with Crippen LogP contribution in [0.4, 0.5) is 0 Å². The maximum atomic E-state index is 6.04. The SMILES string of the molecule is C=C(c1cc(OC)c(OC)c(OC)c1)c1ccc2oc(-c3ccc(OC)cc3)cc2c1. The molecule has 0 N–H and O–H groups in total. The van der Waals surface area contributed by atoms with E-state index in [-0.39, 0.29) is 0 Å². The first-order chi connectivity index (χ1) is 15.1. The lowest BCUT2D eigenvalue weighted by atomic mass is 9.97. The molecule has 5 heteroatoms. The van der Waals surface area contributed by atoms with Gasteiger partial charge in [0, 0.05) is 10.9 Å². The summed E-state index contributed by atoms with van der Waals surface area (Å²) >= 11 is 0. The van der Waals surface area contributed by atoms with Gasteiger partial charge in [0.05, 0.1) is 28.4 Å². The van der Waals surface area contributed by atoms with E-state index in [1.807, 2.05) is 54.6 Å². The first kappa shape index (κ1) is 20.4. The van der Waals surface area contributed by atoms with Crippen molar-refractivity contribution in [2.75, 3.05) is 28.4 Å². The van der Waals surface area contributed by atoms with Crippen LogP contribution in [0.25, 0.3) is 27.9 Å². The molecule has 1 heterocycles. The Balaban J connectivity index is 1.70. The smallest absolute Gasteiger partial charge is 0.203 e. The highest BCUT2D eigenvalue weighted by Crippen LogP contribution is 2.41. The molecule has 0 amide bonds. The van der Waals surface area contributed by atoms with Crippen LogP contribution in [-0.2, 0) is 0 Å². The zero-order valence-electron chi connectivity index (χ0n) is 18.0. The molecule has 1 aromatic heterocycles. The quantitative estimate of drug-likeness (QED) is 0.359. The molecule has 5 nitrogen and oxygen atoms in total. The largest absolute Gasteiger partial charge is 0.497 e. The summed E-state index contributed by atoms with van der Waals surface area (Å²) in [6.07, 6.45) is 0. The lowest BCUT2D eigenvalue weighted by molar-refractivity contribution is 0.324. The summed E-state index contributed by atoms with van der Waals surface area (Å²) in [4.78, 5) is 0. The highest BCUT2D eigenvalue weighted by atomic mass is 16.5. The normalized spacial score (nSPS) is 10.7. The van der Waals surface area contributed by atoms with E-state index in [0.717, 1.165) is 44.7 Å². The Morgan fingerprint density at radius 2 is 1.39 bits per heavy atom. The molecule has 0 fully saturated rings. The van der Waals surface area contributed by atoms with Crippen molar-refractivity contribution in [3.8, 4) is 34.3 Å². The van der Waals surface area contributed by atoms with Crippen LogP contribution in [0.15, 0.2) is 71.7 Å². The molecule has 0 aliphatic heterocycles. The Morgan fingerprint density at radius 1 is 0.710 bits per heavy atom. The monoisotopic (exact) mass is 416 g/mol. The molecule has 0 aliphatic rings. The molecule has 0 saturated heterocycles. The summed E-state index contributed by atoms with van der Waals surface area (Å²) in [7, 11) is 6.44. The van der Waals surface area contributed by atoms with Gasteiger partial charge in [-0.25, -0.2) is 0 Å². The molecule has 3 aromatic carbocycles. The lowest BCUT2D eigenvalue weighted by Crippen LogP contribution is -1.97. The van der Waals surface area contributed by atoms with Crippen LogP contribution in [0.2, 0.25) is 0 Å². The van der Waals surface area contributed by atoms with Gasteiger partial charge in [-0.2, -0.15) is 0 Å². The maximum Gasteiger partial charge on any atom is 0.203 e. The van der Waals surface area contributed by atoms with Crippen LogP contribution in [0, 0.1) is 0 Å². The fourth-order valence-corrected chi connectivity index (χ4v) is 3.55. The van der Waals surface area contributed by atoms with Crippen molar-refractivity contribution in [1.82, 2.24) is 0 Å². The van der Waals surface area contributed by atoms with Crippen LogP contribution >= 0.6 is 0 Å². The lowest BCUT2D eigenvalue weighted by Gasteiger charge is -2.15. The Labute approximate surface area is 181 Å². The van der Waals surface area contributed by atoms with E-state index in [2.05, 4.69) is 12.6 Å². The summed E-state index contributed by atoms with van der Waals surface area (Å²) < 4.78 is 27.6. The predicted molar refractivity (Wildman–Crippen MR) is 122 cm³/mol. The third-order valence-electron chi connectivity index (χ3n) is 5.25. The molecule has 4 aromatic rings. The number of fused-ring (bicyclic) bond motifs is 1. The van der Waals surface area contributed by atoms with Crippen molar-refractivity contribution in [2.24, 2.45) is 0 Å². The highest BCUT2D eigenvalue weighted by Gasteiger charge is 2.16. The number of furan rings is 1. The fraction of sp³-hybridized carbons (Fsp3) is 0.154. The van der Waals surface area contributed by atoms with Gasteiger partial charge >= 0.3 is 0 Å². The van der Waals surface area contributed by atoms with E-state index in [9.17, 15) is 0 Å². The van der Waals surface area contributed by atoms with E-state index in [1.165, 1.54) is 0 Å². The van der Waals surface area contributed by atoms with Crippen LogP contribution in [-0.4, -0.2) is 28.4 Å². The Morgan fingerprint density at radius 3 is 1.97 bits per heavy atom. The molecule has 4 rings (SSSR count). The molecule has 0 spiro atoms. The summed E-state index contributed by atoms with van der Waals surface area (Å²) in [6, 6.07) is 19.6. The minimum absolute atomic E-state index is 0.552. The van der Waals surface area contributed by atoms with Crippen molar-refractivity contribution in [1.29, 1.82) is 0 Å². The van der Waals surface area contributed by atoms with Gasteiger partial charge in [0.2, 0.25) is 5.75 Å². The average Bonchev–Trinajstić information content (AvgIpc) is 3.26. The molecular weight excluding hydrogens is 392 g/mol. The van der Waals surface area contributed by atoms with Gasteiger partial charge in [0.15, 0.2) is 11.5 Å². The predicted octanol–water partition coefficient (Wildman–Crippen LogP) is 6.20. The van der Waals surface area contributed by atoms with Gasteiger partial charge in [-0.3, -0.25) is 0 Å². The first-order valence-electron chi connectivity index (χ1n) is 9.75. The van der Waals surface area contributed by atoms with Crippen molar-refractivity contribution in [3.63, 3.8) is 0 Å². The van der Waals surface area contributed by atoms with Crippen molar-refractivity contribution < 1.29 is 23.4 Å². The van der Waals surface area contributed by atoms with Gasteiger partial charge in [-0.05, 0) is 71.3 Å². The van der Waals surface area contributed by atoms with Crippen molar-refractivity contribution in [3.05, 3.63) is 78.4 Å². The van der Waals surface area contributed by atoms with E-state index < -0.39 is 0 Å². The second-order valence-corrected chi connectivity index (χ2v) is 6.98. The van der Waals surface area contributed by atoms with Crippen LogP contribution in [0.3, 0.4) is 0 Å². The van der Waals surface area contributed by atoms with Crippen LogP contribution in [0.5, 0.6) is 23.0 Å². The summed E-state index contributed by atoms with van der Waals surface area (Å²) in [5.41, 5.74) is 4.50. The maximum absolute atomic E-state index is 6.04. The average molecular weight is 416 g/mol. The molecule has 0 atom stereocenters. The minimum atomic E-state index is 0.552. The zero-order valence-corrected chi connectivity index (χ0v) is 18.0. The van der Waals surface area contributed by atoms with Gasteiger partial charge < -0.3 is 23.4 Å². The number of benzene rings is 3. The second-order valence-electron chi connectivity index (χ2n) is 6.98. The second kappa shape index (κ2) is 8.48. The molecule has 0 radical (unpaired) electrons. The summed E-state index contributed by atoms with van der Waals surface area (Å²) in [5, 5.41) is 0.997. The third-order valence-corrected chi connectivity index (χ3v) is 5.25.